The number of aliphatic hydroxyl groups excluding tert-OH is 1. The van der Waals surface area contributed by atoms with Gasteiger partial charge in [0, 0.05) is 6.42 Å². The molecule has 78 heavy (non-hydrogen) atoms. The number of carbonyl (C=O) groups excluding carboxylic acids is 1. The molecule has 1 amide bonds. The largest absolute Gasteiger partial charge is 0.472 e. The van der Waals surface area contributed by atoms with Gasteiger partial charge in [0.2, 0.25) is 5.91 Å². The molecule has 3 atom stereocenters. The minimum atomic E-state index is -4.37. The first kappa shape index (κ1) is 75.4. The molecule has 0 rings (SSSR count). The summed E-state index contributed by atoms with van der Waals surface area (Å²) in [6, 6.07) is -0.876. The molecule has 0 aromatic rings. The lowest BCUT2D eigenvalue weighted by Crippen LogP contribution is -2.45. The molecule has 0 saturated heterocycles. The van der Waals surface area contributed by atoms with E-state index in [1.54, 1.807) is 6.08 Å². The SMILES string of the molecule is CC/C=C\C/C=C\C/C=C\C/C=C\C/C=C\C/C=C\CCCCCCCCCCC(=O)NC(COP(=O)(O)OCC[N+](C)(C)C)C(O)/C=C/CC/C=C/CCCCCCCCCCCCCCCCCCCCCCCCC. The van der Waals surface area contributed by atoms with Crippen LogP contribution in [0.25, 0.3) is 0 Å². The number of carbonyl (C=O) groups is 1. The van der Waals surface area contributed by atoms with Gasteiger partial charge in [-0.05, 0) is 83.5 Å². The van der Waals surface area contributed by atoms with E-state index in [0.717, 1.165) is 89.9 Å². The number of likely N-dealkylation sites (N-methyl/N-ethyl adjacent to an activating group) is 1. The highest BCUT2D eigenvalue weighted by atomic mass is 31.2. The minimum Gasteiger partial charge on any atom is -0.387 e. The number of rotatable bonds is 59. The van der Waals surface area contributed by atoms with Crippen LogP contribution in [0.1, 0.15) is 284 Å². The van der Waals surface area contributed by atoms with Gasteiger partial charge in [-0.3, -0.25) is 13.8 Å². The van der Waals surface area contributed by atoms with Gasteiger partial charge in [-0.1, -0.05) is 291 Å². The van der Waals surface area contributed by atoms with Gasteiger partial charge in [0.25, 0.3) is 0 Å². The maximum Gasteiger partial charge on any atom is 0.472 e. The topological polar surface area (TPSA) is 105 Å². The fraction of sp³-hybridized carbons (Fsp3) is 0.754. The molecule has 0 radical (unpaired) electrons. The quantitative estimate of drug-likeness (QED) is 0.0243. The Bertz CT molecular complexity index is 1590. The summed E-state index contributed by atoms with van der Waals surface area (Å²) in [6.45, 7) is 4.69. The molecule has 9 heteroatoms. The first-order chi connectivity index (χ1) is 38.0. The number of quaternary nitrogens is 1. The van der Waals surface area contributed by atoms with E-state index in [2.05, 4.69) is 104 Å². The summed E-state index contributed by atoms with van der Waals surface area (Å²) in [5.74, 6) is -0.197. The summed E-state index contributed by atoms with van der Waals surface area (Å²) in [7, 11) is 1.54. The molecule has 0 bridgehead atoms. The summed E-state index contributed by atoms with van der Waals surface area (Å²) in [6.07, 6.45) is 85.4. The Morgan fingerprint density at radius 2 is 0.782 bits per heavy atom. The Balaban J connectivity index is 4.21. The van der Waals surface area contributed by atoms with Crippen molar-refractivity contribution in [3.63, 3.8) is 0 Å². The number of amides is 1. The Kier molecular flexibility index (Phi) is 57.1. The second-order valence-electron chi connectivity index (χ2n) is 23.1. The first-order valence-electron chi connectivity index (χ1n) is 32.6. The van der Waals surface area contributed by atoms with E-state index in [9.17, 15) is 19.4 Å². The predicted octanol–water partition coefficient (Wildman–Crippen LogP) is 20.5. The zero-order valence-corrected chi connectivity index (χ0v) is 52.5. The van der Waals surface area contributed by atoms with Crippen molar-refractivity contribution >= 4 is 13.7 Å². The van der Waals surface area contributed by atoms with Gasteiger partial charge >= 0.3 is 7.82 Å². The summed E-state index contributed by atoms with van der Waals surface area (Å²) >= 11 is 0. The van der Waals surface area contributed by atoms with Gasteiger partial charge in [-0.25, -0.2) is 4.57 Å². The van der Waals surface area contributed by atoms with Crippen molar-refractivity contribution in [3.8, 4) is 0 Å². The van der Waals surface area contributed by atoms with Crippen molar-refractivity contribution in [3.05, 3.63) is 97.2 Å². The van der Waals surface area contributed by atoms with Crippen LogP contribution in [0.2, 0.25) is 0 Å². The van der Waals surface area contributed by atoms with Crippen LogP contribution in [-0.4, -0.2) is 73.4 Å². The van der Waals surface area contributed by atoms with E-state index in [1.807, 2.05) is 27.2 Å². The number of hydrogen-bond acceptors (Lipinski definition) is 5. The van der Waals surface area contributed by atoms with Crippen LogP contribution in [0.5, 0.6) is 0 Å². The van der Waals surface area contributed by atoms with Crippen molar-refractivity contribution in [1.29, 1.82) is 0 Å². The molecule has 452 valence electrons. The molecule has 3 N–H and O–H groups in total. The number of hydrogen-bond donors (Lipinski definition) is 3. The molecule has 3 unspecified atom stereocenters. The van der Waals surface area contributed by atoms with Gasteiger partial charge in [-0.15, -0.1) is 0 Å². The number of nitrogens with zero attached hydrogens (tertiary/aromatic N) is 1. The molecule has 0 spiro atoms. The molecular weight excluding hydrogens is 984 g/mol. The highest BCUT2D eigenvalue weighted by Crippen LogP contribution is 2.43. The van der Waals surface area contributed by atoms with E-state index >= 15 is 0 Å². The second-order valence-corrected chi connectivity index (χ2v) is 24.6. The van der Waals surface area contributed by atoms with Gasteiger partial charge in [0.05, 0.1) is 39.9 Å². The third-order valence-electron chi connectivity index (χ3n) is 14.3. The smallest absolute Gasteiger partial charge is 0.387 e. The fourth-order valence-corrected chi connectivity index (χ4v) is 9.98. The van der Waals surface area contributed by atoms with Gasteiger partial charge < -0.3 is 19.8 Å². The van der Waals surface area contributed by atoms with E-state index in [1.165, 1.54) is 173 Å². The van der Waals surface area contributed by atoms with E-state index in [4.69, 9.17) is 9.05 Å². The summed E-state index contributed by atoms with van der Waals surface area (Å²) in [4.78, 5) is 23.4. The minimum absolute atomic E-state index is 0.0499. The maximum atomic E-state index is 13.0. The predicted molar refractivity (Wildman–Crippen MR) is 341 cm³/mol. The number of unbranched alkanes of at least 4 members (excludes halogenated alkanes) is 32. The zero-order valence-electron chi connectivity index (χ0n) is 51.6. The molecule has 0 aromatic carbocycles. The van der Waals surface area contributed by atoms with Gasteiger partial charge in [0.15, 0.2) is 0 Å². The molecule has 0 fully saturated rings. The number of phosphoric ester groups is 1. The van der Waals surface area contributed by atoms with E-state index in [0.29, 0.717) is 17.4 Å². The number of allylic oxidation sites excluding steroid dienone is 15. The van der Waals surface area contributed by atoms with Crippen LogP contribution in [0.3, 0.4) is 0 Å². The average molecular weight is 1110 g/mol. The lowest BCUT2D eigenvalue weighted by Gasteiger charge is -2.25. The standard InChI is InChI=1S/C69H125N2O6P/c1-6-8-10-12-14-16-18-20-22-24-26-28-30-32-34-35-37-38-40-42-44-46-48-50-52-54-56-58-60-62-68(72)67(66-77-78(74,75)76-65-64-71(3,4)5)70-69(73)63-61-59-57-55-53-51-49-47-45-43-41-39-36-33-31-29-27-25-23-21-19-17-15-13-11-9-7-2/h9,11,15,17,21,23,27,29,33,36,41,43,52,54,60,62,67-68,72H,6-8,10,12-14,16,18-20,22,24-26,28,30-32,34-35,37-40,42,44-51,53,55-59,61,63-66H2,1-5H3,(H-,70,73,74,75)/p+1/b11-9-,17-15-,23-21-,29-27-,36-33-,43-41-,54-52+,62-60+. The third kappa shape index (κ3) is 61.0. The summed E-state index contributed by atoms with van der Waals surface area (Å²) in [5.41, 5.74) is 0. The van der Waals surface area contributed by atoms with Crippen molar-refractivity contribution < 1.29 is 32.9 Å². The maximum absolute atomic E-state index is 13.0. The highest BCUT2D eigenvalue weighted by molar-refractivity contribution is 7.47. The van der Waals surface area contributed by atoms with Gasteiger partial charge in [-0.2, -0.15) is 0 Å². The zero-order chi connectivity index (χ0) is 57.0. The van der Waals surface area contributed by atoms with Crippen LogP contribution >= 0.6 is 7.82 Å². The molecular formula is C69H126N2O6P+. The monoisotopic (exact) mass is 1110 g/mol. The van der Waals surface area contributed by atoms with Crippen molar-refractivity contribution in [2.75, 3.05) is 40.9 Å². The normalized spacial score (nSPS) is 14.4. The lowest BCUT2D eigenvalue weighted by molar-refractivity contribution is -0.870. The Labute approximate surface area is 483 Å². The van der Waals surface area contributed by atoms with Crippen molar-refractivity contribution in [2.24, 2.45) is 0 Å². The molecule has 0 heterocycles. The Morgan fingerprint density at radius 1 is 0.449 bits per heavy atom. The van der Waals surface area contributed by atoms with Crippen LogP contribution in [-0.2, 0) is 18.4 Å². The third-order valence-corrected chi connectivity index (χ3v) is 15.3. The highest BCUT2D eigenvalue weighted by Gasteiger charge is 2.27. The first-order valence-corrected chi connectivity index (χ1v) is 34.1. The Morgan fingerprint density at radius 3 is 1.18 bits per heavy atom. The van der Waals surface area contributed by atoms with Crippen LogP contribution in [0.4, 0.5) is 0 Å². The molecule has 8 nitrogen and oxygen atoms in total. The van der Waals surface area contributed by atoms with Crippen molar-refractivity contribution in [2.45, 2.75) is 296 Å². The summed E-state index contributed by atoms with van der Waals surface area (Å²) < 4.78 is 23.8. The molecule has 0 aliphatic heterocycles. The Hall–Kier alpha value is -2.58. The number of aliphatic hydroxyl groups is 1. The van der Waals surface area contributed by atoms with E-state index in [-0.39, 0.29) is 19.1 Å². The molecule has 0 aliphatic rings. The molecule has 0 saturated carbocycles. The molecule has 0 aliphatic carbocycles. The van der Waals surface area contributed by atoms with E-state index < -0.39 is 20.0 Å². The average Bonchev–Trinajstić information content (AvgIpc) is 3.41. The van der Waals surface area contributed by atoms with Gasteiger partial charge in [0.1, 0.15) is 13.2 Å². The fourth-order valence-electron chi connectivity index (χ4n) is 9.24. The number of nitrogens with one attached hydrogen (secondary N) is 1. The molecule has 0 aromatic heterocycles. The van der Waals surface area contributed by atoms with Crippen LogP contribution in [0, 0.1) is 0 Å². The summed E-state index contributed by atoms with van der Waals surface area (Å²) in [5, 5.41) is 14.0. The van der Waals surface area contributed by atoms with Crippen LogP contribution in [0.15, 0.2) is 97.2 Å². The second kappa shape index (κ2) is 59.1. The van der Waals surface area contributed by atoms with Crippen LogP contribution < -0.4 is 5.32 Å². The lowest BCUT2D eigenvalue weighted by atomic mass is 10.0. The number of phosphoric acid groups is 1. The van der Waals surface area contributed by atoms with Crippen molar-refractivity contribution in [1.82, 2.24) is 5.32 Å².